The molecule has 16 heavy (non-hydrogen) atoms. The van der Waals surface area contributed by atoms with E-state index in [1.807, 2.05) is 31.2 Å². The Labute approximate surface area is 104 Å². The number of benzene rings is 1. The molecule has 1 atom stereocenters. The molecule has 1 unspecified atom stereocenters. The zero-order chi connectivity index (χ0) is 12.1. The Morgan fingerprint density at radius 1 is 1.44 bits per heavy atom. The summed E-state index contributed by atoms with van der Waals surface area (Å²) in [4.78, 5) is 13.5. The van der Waals surface area contributed by atoms with Crippen LogP contribution in [0.4, 0.5) is 5.69 Å². The molecule has 0 aliphatic rings. The second-order valence-corrected chi connectivity index (χ2v) is 4.58. The lowest BCUT2D eigenvalue weighted by Crippen LogP contribution is -2.34. The SMILES string of the molecule is CCC(CO)C(=O)N(C)c1ccc(Br)cc1. The summed E-state index contributed by atoms with van der Waals surface area (Å²) in [5, 5.41) is 9.08. The van der Waals surface area contributed by atoms with Gasteiger partial charge in [0.15, 0.2) is 0 Å². The maximum absolute atomic E-state index is 11.9. The molecule has 0 aliphatic carbocycles. The van der Waals surface area contributed by atoms with Gasteiger partial charge in [0, 0.05) is 17.2 Å². The molecule has 0 bridgehead atoms. The Morgan fingerprint density at radius 3 is 2.44 bits per heavy atom. The molecule has 0 spiro atoms. The molecule has 0 aliphatic heterocycles. The normalized spacial score (nSPS) is 12.2. The number of hydrogen-bond donors (Lipinski definition) is 1. The van der Waals surface area contributed by atoms with Crippen molar-refractivity contribution in [1.29, 1.82) is 0 Å². The lowest BCUT2D eigenvalue weighted by atomic mass is 10.1. The van der Waals surface area contributed by atoms with Crippen molar-refractivity contribution in [2.24, 2.45) is 5.92 Å². The summed E-state index contributed by atoms with van der Waals surface area (Å²) in [5.74, 6) is -0.360. The van der Waals surface area contributed by atoms with Crippen molar-refractivity contribution in [1.82, 2.24) is 0 Å². The molecule has 1 aromatic rings. The molecule has 0 heterocycles. The van der Waals surface area contributed by atoms with Crippen molar-refractivity contribution in [2.75, 3.05) is 18.6 Å². The number of amides is 1. The number of carbonyl (C=O) groups excluding carboxylic acids is 1. The molecular formula is C12H16BrNO2. The summed E-state index contributed by atoms with van der Waals surface area (Å²) in [7, 11) is 1.73. The number of hydrogen-bond acceptors (Lipinski definition) is 2. The van der Waals surface area contributed by atoms with Crippen LogP contribution in [0.1, 0.15) is 13.3 Å². The largest absolute Gasteiger partial charge is 0.396 e. The first-order valence-electron chi connectivity index (χ1n) is 5.24. The number of nitrogens with zero attached hydrogens (tertiary/aromatic N) is 1. The highest BCUT2D eigenvalue weighted by Gasteiger charge is 2.20. The zero-order valence-corrected chi connectivity index (χ0v) is 11.1. The van der Waals surface area contributed by atoms with Gasteiger partial charge in [0.2, 0.25) is 5.91 Å². The number of halogens is 1. The molecule has 1 aromatic carbocycles. The molecule has 0 saturated carbocycles. The highest BCUT2D eigenvalue weighted by molar-refractivity contribution is 9.10. The third-order valence-corrected chi connectivity index (χ3v) is 3.14. The van der Waals surface area contributed by atoms with Crippen LogP contribution in [-0.4, -0.2) is 24.7 Å². The lowest BCUT2D eigenvalue weighted by Gasteiger charge is -2.21. The van der Waals surface area contributed by atoms with Gasteiger partial charge in [-0.3, -0.25) is 4.79 Å². The Morgan fingerprint density at radius 2 is 2.00 bits per heavy atom. The van der Waals surface area contributed by atoms with E-state index in [0.717, 1.165) is 10.2 Å². The molecule has 0 saturated heterocycles. The number of carbonyl (C=O) groups is 1. The minimum absolute atomic E-state index is 0.0488. The van der Waals surface area contributed by atoms with E-state index < -0.39 is 0 Å². The molecular weight excluding hydrogens is 270 g/mol. The predicted octanol–water partition coefficient (Wildman–Crippen LogP) is 2.43. The van der Waals surface area contributed by atoms with Gasteiger partial charge in [-0.15, -0.1) is 0 Å². The van der Waals surface area contributed by atoms with Gasteiger partial charge < -0.3 is 10.0 Å². The minimum atomic E-state index is -0.311. The van der Waals surface area contributed by atoms with Crippen molar-refractivity contribution in [3.8, 4) is 0 Å². The Bertz CT molecular complexity index is 347. The monoisotopic (exact) mass is 285 g/mol. The Balaban J connectivity index is 2.81. The first kappa shape index (κ1) is 13.2. The van der Waals surface area contributed by atoms with Crippen LogP contribution < -0.4 is 4.90 Å². The fourth-order valence-electron chi connectivity index (χ4n) is 1.45. The smallest absolute Gasteiger partial charge is 0.232 e. The van der Waals surface area contributed by atoms with Gasteiger partial charge in [-0.05, 0) is 30.7 Å². The fourth-order valence-corrected chi connectivity index (χ4v) is 1.71. The number of rotatable bonds is 4. The van der Waals surface area contributed by atoms with Crippen LogP contribution in [0.15, 0.2) is 28.7 Å². The van der Waals surface area contributed by atoms with Gasteiger partial charge in [0.1, 0.15) is 0 Å². The van der Waals surface area contributed by atoms with Crippen LogP contribution in [0.5, 0.6) is 0 Å². The minimum Gasteiger partial charge on any atom is -0.396 e. The summed E-state index contributed by atoms with van der Waals surface area (Å²) >= 11 is 3.34. The summed E-state index contributed by atoms with van der Waals surface area (Å²) < 4.78 is 0.978. The molecule has 0 aromatic heterocycles. The molecule has 88 valence electrons. The standard InChI is InChI=1S/C12H16BrNO2/c1-3-9(8-15)12(16)14(2)11-6-4-10(13)5-7-11/h4-7,9,15H,3,8H2,1-2H3. The zero-order valence-electron chi connectivity index (χ0n) is 9.48. The fraction of sp³-hybridized carbons (Fsp3) is 0.417. The van der Waals surface area contributed by atoms with E-state index in [4.69, 9.17) is 5.11 Å². The van der Waals surface area contributed by atoms with Crippen molar-refractivity contribution < 1.29 is 9.90 Å². The van der Waals surface area contributed by atoms with Crippen molar-refractivity contribution >= 4 is 27.5 Å². The highest BCUT2D eigenvalue weighted by atomic mass is 79.9. The lowest BCUT2D eigenvalue weighted by molar-refractivity contribution is -0.123. The van der Waals surface area contributed by atoms with Gasteiger partial charge in [-0.25, -0.2) is 0 Å². The quantitative estimate of drug-likeness (QED) is 0.923. The van der Waals surface area contributed by atoms with E-state index in [9.17, 15) is 4.79 Å². The van der Waals surface area contributed by atoms with Gasteiger partial charge in [0.25, 0.3) is 0 Å². The van der Waals surface area contributed by atoms with Crippen LogP contribution in [-0.2, 0) is 4.79 Å². The number of anilines is 1. The summed E-state index contributed by atoms with van der Waals surface area (Å²) in [6.07, 6.45) is 0.649. The molecule has 1 amide bonds. The van der Waals surface area contributed by atoms with Gasteiger partial charge in [-0.1, -0.05) is 22.9 Å². The molecule has 3 nitrogen and oxygen atoms in total. The summed E-state index contributed by atoms with van der Waals surface area (Å²) in [6, 6.07) is 7.51. The Kier molecular flexibility index (Phi) is 4.96. The number of aliphatic hydroxyl groups is 1. The van der Waals surface area contributed by atoms with Gasteiger partial charge in [-0.2, -0.15) is 0 Å². The maximum atomic E-state index is 11.9. The first-order valence-corrected chi connectivity index (χ1v) is 6.03. The van der Waals surface area contributed by atoms with Crippen LogP contribution in [0.2, 0.25) is 0 Å². The Hall–Kier alpha value is -0.870. The topological polar surface area (TPSA) is 40.5 Å². The maximum Gasteiger partial charge on any atom is 0.232 e. The van der Waals surface area contributed by atoms with Crippen LogP contribution in [0, 0.1) is 5.92 Å². The van der Waals surface area contributed by atoms with E-state index in [1.165, 1.54) is 0 Å². The van der Waals surface area contributed by atoms with E-state index in [-0.39, 0.29) is 18.4 Å². The van der Waals surface area contributed by atoms with Crippen LogP contribution in [0.3, 0.4) is 0 Å². The second kappa shape index (κ2) is 6.01. The van der Waals surface area contributed by atoms with E-state index in [2.05, 4.69) is 15.9 Å². The molecule has 0 fully saturated rings. The summed E-state index contributed by atoms with van der Waals surface area (Å²) in [6.45, 7) is 1.80. The predicted molar refractivity (Wildman–Crippen MR) is 68.4 cm³/mol. The average Bonchev–Trinajstić information content (AvgIpc) is 2.30. The third-order valence-electron chi connectivity index (χ3n) is 2.61. The molecule has 0 radical (unpaired) electrons. The highest BCUT2D eigenvalue weighted by Crippen LogP contribution is 2.19. The van der Waals surface area contributed by atoms with Crippen LogP contribution in [0.25, 0.3) is 0 Å². The van der Waals surface area contributed by atoms with Gasteiger partial charge >= 0.3 is 0 Å². The third kappa shape index (κ3) is 3.06. The van der Waals surface area contributed by atoms with Crippen molar-refractivity contribution in [2.45, 2.75) is 13.3 Å². The second-order valence-electron chi connectivity index (χ2n) is 3.66. The average molecular weight is 286 g/mol. The first-order chi connectivity index (χ1) is 7.60. The van der Waals surface area contributed by atoms with E-state index in [1.54, 1.807) is 11.9 Å². The van der Waals surface area contributed by atoms with E-state index in [0.29, 0.717) is 6.42 Å². The molecule has 1 N–H and O–H groups in total. The van der Waals surface area contributed by atoms with Crippen LogP contribution >= 0.6 is 15.9 Å². The van der Waals surface area contributed by atoms with Gasteiger partial charge in [0.05, 0.1) is 12.5 Å². The van der Waals surface area contributed by atoms with E-state index >= 15 is 0 Å². The van der Waals surface area contributed by atoms with Crippen molar-refractivity contribution in [3.63, 3.8) is 0 Å². The molecule has 1 rings (SSSR count). The van der Waals surface area contributed by atoms with Crippen molar-refractivity contribution in [3.05, 3.63) is 28.7 Å². The number of aliphatic hydroxyl groups excluding tert-OH is 1. The molecule has 4 heteroatoms. The summed E-state index contributed by atoms with van der Waals surface area (Å²) in [5.41, 5.74) is 0.833.